The van der Waals surface area contributed by atoms with E-state index in [4.69, 9.17) is 0 Å². The lowest BCUT2D eigenvalue weighted by Gasteiger charge is -2.17. The SMILES string of the molecule is CCS(=O)(=O)Cc1ccc(C(C)(C)C)nc1. The molecule has 0 atom stereocenters. The van der Waals surface area contributed by atoms with Crippen molar-refractivity contribution in [3.8, 4) is 0 Å². The maximum absolute atomic E-state index is 11.4. The van der Waals surface area contributed by atoms with Gasteiger partial charge in [-0.15, -0.1) is 0 Å². The van der Waals surface area contributed by atoms with Crippen molar-refractivity contribution in [2.75, 3.05) is 5.75 Å². The number of nitrogens with zero attached hydrogens (tertiary/aromatic N) is 1. The third kappa shape index (κ3) is 3.59. The van der Waals surface area contributed by atoms with Crippen molar-refractivity contribution in [3.63, 3.8) is 0 Å². The number of hydrogen-bond donors (Lipinski definition) is 0. The summed E-state index contributed by atoms with van der Waals surface area (Å²) in [4.78, 5) is 4.30. The van der Waals surface area contributed by atoms with Crippen LogP contribution in [0, 0.1) is 0 Å². The van der Waals surface area contributed by atoms with Gasteiger partial charge in [0.15, 0.2) is 9.84 Å². The normalized spacial score (nSPS) is 12.8. The first-order chi connectivity index (χ1) is 7.24. The lowest BCUT2D eigenvalue weighted by atomic mass is 9.91. The molecular formula is C12H19NO2S. The minimum Gasteiger partial charge on any atom is -0.260 e. The third-order valence-corrected chi connectivity index (χ3v) is 4.07. The largest absolute Gasteiger partial charge is 0.260 e. The van der Waals surface area contributed by atoms with Gasteiger partial charge in [-0.05, 0) is 11.6 Å². The van der Waals surface area contributed by atoms with Gasteiger partial charge in [-0.1, -0.05) is 33.8 Å². The first-order valence-corrected chi connectivity index (χ1v) is 7.22. The highest BCUT2D eigenvalue weighted by molar-refractivity contribution is 7.90. The molecule has 0 aromatic carbocycles. The molecule has 90 valence electrons. The van der Waals surface area contributed by atoms with Crippen molar-refractivity contribution in [2.24, 2.45) is 0 Å². The molecule has 0 aliphatic rings. The van der Waals surface area contributed by atoms with Crippen LogP contribution in [0.4, 0.5) is 0 Å². The molecule has 0 saturated carbocycles. The molecule has 0 amide bonds. The van der Waals surface area contributed by atoms with Gasteiger partial charge in [0.05, 0.1) is 5.75 Å². The highest BCUT2D eigenvalue weighted by atomic mass is 32.2. The Labute approximate surface area is 97.8 Å². The first-order valence-electron chi connectivity index (χ1n) is 5.40. The molecule has 0 bridgehead atoms. The Bertz CT molecular complexity index is 441. The van der Waals surface area contributed by atoms with Gasteiger partial charge in [0.25, 0.3) is 0 Å². The van der Waals surface area contributed by atoms with E-state index in [1.807, 2.05) is 12.1 Å². The van der Waals surface area contributed by atoms with E-state index < -0.39 is 9.84 Å². The van der Waals surface area contributed by atoms with Gasteiger partial charge in [0.2, 0.25) is 0 Å². The van der Waals surface area contributed by atoms with E-state index in [-0.39, 0.29) is 16.9 Å². The van der Waals surface area contributed by atoms with Crippen LogP contribution in [0.15, 0.2) is 18.3 Å². The summed E-state index contributed by atoms with van der Waals surface area (Å²) in [6, 6.07) is 3.75. The average molecular weight is 241 g/mol. The van der Waals surface area contributed by atoms with Crippen molar-refractivity contribution in [3.05, 3.63) is 29.6 Å². The van der Waals surface area contributed by atoms with Crippen molar-refractivity contribution in [1.82, 2.24) is 4.98 Å². The summed E-state index contributed by atoms with van der Waals surface area (Å²) in [5.74, 6) is 0.259. The Morgan fingerprint density at radius 2 is 1.88 bits per heavy atom. The van der Waals surface area contributed by atoms with Crippen molar-refractivity contribution in [1.29, 1.82) is 0 Å². The first kappa shape index (κ1) is 13.2. The number of hydrogen-bond acceptors (Lipinski definition) is 3. The number of aromatic nitrogens is 1. The summed E-state index contributed by atoms with van der Waals surface area (Å²) >= 11 is 0. The second-order valence-electron chi connectivity index (χ2n) is 4.98. The standard InChI is InChI=1S/C12H19NO2S/c1-5-16(14,15)9-10-6-7-11(13-8-10)12(2,3)4/h6-8H,5,9H2,1-4H3. The molecular weight excluding hydrogens is 222 g/mol. The quantitative estimate of drug-likeness (QED) is 0.816. The molecule has 0 radical (unpaired) electrons. The van der Waals surface area contributed by atoms with Crippen molar-refractivity contribution in [2.45, 2.75) is 38.9 Å². The Kier molecular flexibility index (Phi) is 3.73. The highest BCUT2D eigenvalue weighted by Gasteiger charge is 2.15. The summed E-state index contributed by atoms with van der Waals surface area (Å²) < 4.78 is 22.8. The number of pyridine rings is 1. The lowest BCUT2D eigenvalue weighted by Crippen LogP contribution is -2.14. The van der Waals surface area contributed by atoms with Gasteiger partial charge in [-0.2, -0.15) is 0 Å². The second-order valence-corrected chi connectivity index (χ2v) is 7.33. The zero-order valence-corrected chi connectivity index (χ0v) is 11.1. The molecule has 1 rings (SSSR count). The molecule has 0 aliphatic heterocycles. The summed E-state index contributed by atoms with van der Waals surface area (Å²) in [5, 5.41) is 0. The summed E-state index contributed by atoms with van der Waals surface area (Å²) in [5.41, 5.74) is 1.74. The smallest absolute Gasteiger partial charge is 0.154 e. The van der Waals surface area contributed by atoms with Crippen LogP contribution in [0.2, 0.25) is 0 Å². The van der Waals surface area contributed by atoms with Gasteiger partial charge >= 0.3 is 0 Å². The molecule has 3 nitrogen and oxygen atoms in total. The van der Waals surface area contributed by atoms with Gasteiger partial charge in [0, 0.05) is 23.1 Å². The molecule has 1 aromatic rings. The third-order valence-electron chi connectivity index (χ3n) is 2.42. The second kappa shape index (κ2) is 4.53. The Balaban J connectivity index is 2.89. The number of rotatable bonds is 3. The van der Waals surface area contributed by atoms with E-state index in [0.717, 1.165) is 11.3 Å². The van der Waals surface area contributed by atoms with Crippen LogP contribution in [0.3, 0.4) is 0 Å². The Morgan fingerprint density at radius 1 is 1.25 bits per heavy atom. The summed E-state index contributed by atoms with van der Waals surface area (Å²) in [6.07, 6.45) is 1.66. The Hall–Kier alpha value is -0.900. The van der Waals surface area contributed by atoms with Crippen LogP contribution in [0.5, 0.6) is 0 Å². The average Bonchev–Trinajstić information content (AvgIpc) is 2.16. The minimum absolute atomic E-state index is 0.00214. The van der Waals surface area contributed by atoms with Crippen LogP contribution < -0.4 is 0 Å². The van der Waals surface area contributed by atoms with Gasteiger partial charge in [-0.3, -0.25) is 4.98 Å². The summed E-state index contributed by atoms with van der Waals surface area (Å²) in [6.45, 7) is 7.90. The minimum atomic E-state index is -2.96. The maximum atomic E-state index is 11.4. The predicted octanol–water partition coefficient (Wildman–Crippen LogP) is 2.31. The zero-order valence-electron chi connectivity index (χ0n) is 10.3. The van der Waals surface area contributed by atoms with Crippen LogP contribution in [0.1, 0.15) is 39.0 Å². The van der Waals surface area contributed by atoms with Gasteiger partial charge < -0.3 is 0 Å². The fourth-order valence-electron chi connectivity index (χ4n) is 1.31. The van der Waals surface area contributed by atoms with E-state index in [1.165, 1.54) is 0 Å². The molecule has 0 unspecified atom stereocenters. The molecule has 0 aliphatic carbocycles. The van der Waals surface area contributed by atoms with Crippen LogP contribution in [0.25, 0.3) is 0 Å². The maximum Gasteiger partial charge on any atom is 0.154 e. The van der Waals surface area contributed by atoms with Crippen molar-refractivity contribution < 1.29 is 8.42 Å². The van der Waals surface area contributed by atoms with Gasteiger partial charge in [-0.25, -0.2) is 8.42 Å². The van der Waals surface area contributed by atoms with Gasteiger partial charge in [0.1, 0.15) is 0 Å². The van der Waals surface area contributed by atoms with E-state index >= 15 is 0 Å². The van der Waals surface area contributed by atoms with E-state index in [0.29, 0.717) is 0 Å². The predicted molar refractivity (Wildman–Crippen MR) is 66.1 cm³/mol. The fraction of sp³-hybridized carbons (Fsp3) is 0.583. The Morgan fingerprint density at radius 3 is 2.25 bits per heavy atom. The molecule has 16 heavy (non-hydrogen) atoms. The topological polar surface area (TPSA) is 47.0 Å². The van der Waals surface area contributed by atoms with Crippen molar-refractivity contribution >= 4 is 9.84 Å². The van der Waals surface area contributed by atoms with E-state index in [1.54, 1.807) is 13.1 Å². The van der Waals surface area contributed by atoms with Crippen LogP contribution >= 0.6 is 0 Å². The zero-order chi connectivity index (χ0) is 12.4. The number of sulfone groups is 1. The van der Waals surface area contributed by atoms with E-state index in [2.05, 4.69) is 25.8 Å². The highest BCUT2D eigenvalue weighted by Crippen LogP contribution is 2.20. The van der Waals surface area contributed by atoms with Crippen LogP contribution in [-0.4, -0.2) is 19.2 Å². The molecule has 1 aromatic heterocycles. The lowest BCUT2D eigenvalue weighted by molar-refractivity contribution is 0.568. The molecule has 0 saturated heterocycles. The van der Waals surface area contributed by atoms with Crippen LogP contribution in [-0.2, 0) is 21.0 Å². The summed E-state index contributed by atoms with van der Waals surface area (Å²) in [7, 11) is -2.96. The van der Waals surface area contributed by atoms with E-state index in [9.17, 15) is 8.42 Å². The fourth-order valence-corrected chi connectivity index (χ4v) is 2.19. The molecule has 0 spiro atoms. The molecule has 0 N–H and O–H groups in total. The molecule has 1 heterocycles. The molecule has 0 fully saturated rings. The molecule has 4 heteroatoms. The monoisotopic (exact) mass is 241 g/mol.